The summed E-state index contributed by atoms with van der Waals surface area (Å²) in [7, 11) is -4.75. The lowest BCUT2D eigenvalue weighted by Crippen LogP contribution is -2.36. The lowest BCUT2D eigenvalue weighted by Gasteiger charge is -2.18. The summed E-state index contributed by atoms with van der Waals surface area (Å²) in [6.07, 6.45) is -4.21. The quantitative estimate of drug-likeness (QED) is 0.381. The number of nitrogen functional groups attached to an aromatic ring is 1. The maximum absolute atomic E-state index is 11.8. The van der Waals surface area contributed by atoms with Gasteiger partial charge in [0.1, 0.15) is 24.1 Å². The second-order valence-electron chi connectivity index (χ2n) is 4.83. The summed E-state index contributed by atoms with van der Waals surface area (Å²) in [5.41, 5.74) is 5.15. The molecule has 2 rings (SSSR count). The van der Waals surface area contributed by atoms with E-state index in [1.807, 2.05) is 0 Å². The Hall–Kier alpha value is -1.33. The van der Waals surface area contributed by atoms with Crippen LogP contribution in [0.5, 0.6) is 0 Å². The van der Waals surface area contributed by atoms with Crippen molar-refractivity contribution in [3.63, 3.8) is 0 Å². The number of hydrogen-bond donors (Lipinski definition) is 5. The number of nitrogens with two attached hydrogens (primary N) is 1. The van der Waals surface area contributed by atoms with E-state index in [4.69, 9.17) is 20.3 Å². The SMILES string of the molecule is Cc1cn(C2OC(COP(=O)(O)O)[C@@H](O)C2O)c(=O)nc1N. The van der Waals surface area contributed by atoms with E-state index in [0.717, 1.165) is 4.57 Å². The molecule has 1 aromatic rings. The number of anilines is 1. The molecule has 1 fully saturated rings. The smallest absolute Gasteiger partial charge is 0.387 e. The van der Waals surface area contributed by atoms with Crippen LogP contribution in [0.4, 0.5) is 5.82 Å². The van der Waals surface area contributed by atoms with Gasteiger partial charge in [-0.15, -0.1) is 0 Å². The van der Waals surface area contributed by atoms with E-state index in [-0.39, 0.29) is 5.82 Å². The minimum atomic E-state index is -4.75. The predicted molar refractivity (Wildman–Crippen MR) is 71.6 cm³/mol. The van der Waals surface area contributed by atoms with Crippen LogP contribution >= 0.6 is 7.82 Å². The fourth-order valence-corrected chi connectivity index (χ4v) is 2.37. The van der Waals surface area contributed by atoms with Gasteiger partial charge in [-0.1, -0.05) is 0 Å². The standard InChI is InChI=1S/C10H16N3O8P/c1-4-2-13(10(16)12-8(4)11)9-7(15)6(14)5(21-9)3-20-22(17,18)19/h2,5-7,9,14-15H,3H2,1H3,(H2,11,12,16)(H2,17,18,19)/t5?,6-,7?,9?/m1/s1. The fourth-order valence-electron chi connectivity index (χ4n) is 2.03. The molecule has 0 saturated carbocycles. The number of aryl methyl sites for hydroxylation is 1. The third-order valence-electron chi connectivity index (χ3n) is 3.19. The molecule has 124 valence electrons. The third kappa shape index (κ3) is 3.52. The Labute approximate surface area is 124 Å². The number of aromatic nitrogens is 2. The van der Waals surface area contributed by atoms with Crippen molar-refractivity contribution < 1.29 is 33.8 Å². The summed E-state index contributed by atoms with van der Waals surface area (Å²) in [6.45, 7) is 0.930. The molecule has 11 nitrogen and oxygen atoms in total. The van der Waals surface area contributed by atoms with Gasteiger partial charge in [-0.25, -0.2) is 9.36 Å². The highest BCUT2D eigenvalue weighted by atomic mass is 31.2. The Bertz CT molecular complexity index is 658. The van der Waals surface area contributed by atoms with Gasteiger partial charge < -0.3 is 30.5 Å². The number of nitrogens with zero attached hydrogens (tertiary/aromatic N) is 2. The summed E-state index contributed by atoms with van der Waals surface area (Å²) in [4.78, 5) is 32.6. The second-order valence-corrected chi connectivity index (χ2v) is 6.07. The van der Waals surface area contributed by atoms with Crippen LogP contribution in [0.25, 0.3) is 0 Å². The molecule has 1 saturated heterocycles. The van der Waals surface area contributed by atoms with Crippen molar-refractivity contribution in [3.8, 4) is 0 Å². The number of ether oxygens (including phenoxy) is 1. The second kappa shape index (κ2) is 6.05. The zero-order chi connectivity index (χ0) is 16.7. The van der Waals surface area contributed by atoms with E-state index in [9.17, 15) is 19.6 Å². The monoisotopic (exact) mass is 337 g/mol. The summed E-state index contributed by atoms with van der Waals surface area (Å²) in [5, 5.41) is 19.8. The van der Waals surface area contributed by atoms with Crippen LogP contribution in [-0.2, 0) is 13.8 Å². The van der Waals surface area contributed by atoms with Crippen LogP contribution in [0.3, 0.4) is 0 Å². The van der Waals surface area contributed by atoms with Gasteiger partial charge in [0.25, 0.3) is 0 Å². The molecule has 0 aliphatic carbocycles. The zero-order valence-corrected chi connectivity index (χ0v) is 12.3. The van der Waals surface area contributed by atoms with E-state index in [2.05, 4.69) is 9.51 Å². The summed E-state index contributed by atoms with van der Waals surface area (Å²) in [6, 6.07) is 0. The molecule has 3 unspecified atom stereocenters. The largest absolute Gasteiger partial charge is 0.469 e. The van der Waals surface area contributed by atoms with Crippen LogP contribution in [0, 0.1) is 6.92 Å². The molecular formula is C10H16N3O8P. The third-order valence-corrected chi connectivity index (χ3v) is 3.68. The first kappa shape index (κ1) is 17.0. The Morgan fingerprint density at radius 3 is 2.68 bits per heavy atom. The first-order valence-electron chi connectivity index (χ1n) is 6.17. The van der Waals surface area contributed by atoms with Crippen LogP contribution in [-0.4, -0.2) is 54.5 Å². The fraction of sp³-hybridized carbons (Fsp3) is 0.600. The molecule has 4 atom stereocenters. The Kier molecular flexibility index (Phi) is 4.68. The van der Waals surface area contributed by atoms with Gasteiger partial charge in [0.05, 0.1) is 6.61 Å². The van der Waals surface area contributed by atoms with Crippen molar-refractivity contribution in [3.05, 3.63) is 22.2 Å². The number of phosphoric acid groups is 1. The highest BCUT2D eigenvalue weighted by molar-refractivity contribution is 7.46. The molecule has 0 aromatic carbocycles. The van der Waals surface area contributed by atoms with Gasteiger partial charge in [-0.3, -0.25) is 9.09 Å². The predicted octanol–water partition coefficient (Wildman–Crippen LogP) is -2.14. The van der Waals surface area contributed by atoms with Gasteiger partial charge in [0, 0.05) is 11.8 Å². The number of hydrogen-bond acceptors (Lipinski definition) is 8. The van der Waals surface area contributed by atoms with Crippen molar-refractivity contribution in [2.45, 2.75) is 31.5 Å². The van der Waals surface area contributed by atoms with E-state index in [1.165, 1.54) is 6.20 Å². The minimum absolute atomic E-state index is 0.0238. The van der Waals surface area contributed by atoms with E-state index in [1.54, 1.807) is 6.92 Å². The average Bonchev–Trinajstić information content (AvgIpc) is 2.68. The molecule has 12 heteroatoms. The molecule has 2 heterocycles. The molecular weight excluding hydrogens is 321 g/mol. The van der Waals surface area contributed by atoms with Gasteiger partial charge in [-0.05, 0) is 6.92 Å². The Morgan fingerprint density at radius 2 is 2.09 bits per heavy atom. The molecule has 0 spiro atoms. The molecule has 1 aliphatic heterocycles. The lowest BCUT2D eigenvalue weighted by molar-refractivity contribution is -0.0542. The van der Waals surface area contributed by atoms with Gasteiger partial charge in [0.15, 0.2) is 6.23 Å². The topological polar surface area (TPSA) is 177 Å². The number of aliphatic hydroxyl groups is 2. The molecule has 0 radical (unpaired) electrons. The van der Waals surface area contributed by atoms with Crippen LogP contribution in [0.1, 0.15) is 11.8 Å². The van der Waals surface area contributed by atoms with Crippen molar-refractivity contribution in [2.24, 2.45) is 0 Å². The van der Waals surface area contributed by atoms with E-state index in [0.29, 0.717) is 5.56 Å². The molecule has 0 bridgehead atoms. The highest BCUT2D eigenvalue weighted by Crippen LogP contribution is 2.38. The average molecular weight is 337 g/mol. The molecule has 1 aromatic heterocycles. The number of rotatable bonds is 4. The molecule has 0 amide bonds. The Morgan fingerprint density at radius 1 is 1.45 bits per heavy atom. The minimum Gasteiger partial charge on any atom is -0.387 e. The van der Waals surface area contributed by atoms with Crippen molar-refractivity contribution >= 4 is 13.6 Å². The lowest BCUT2D eigenvalue weighted by atomic mass is 10.1. The first-order valence-corrected chi connectivity index (χ1v) is 7.70. The van der Waals surface area contributed by atoms with Crippen molar-refractivity contribution in [1.82, 2.24) is 9.55 Å². The van der Waals surface area contributed by atoms with E-state index >= 15 is 0 Å². The summed E-state index contributed by atoms with van der Waals surface area (Å²) < 4.78 is 21.1. The molecule has 1 aliphatic rings. The van der Waals surface area contributed by atoms with Crippen LogP contribution in [0.15, 0.2) is 11.0 Å². The van der Waals surface area contributed by atoms with Crippen LogP contribution in [0.2, 0.25) is 0 Å². The van der Waals surface area contributed by atoms with Gasteiger partial charge >= 0.3 is 13.5 Å². The first-order chi connectivity index (χ1) is 10.1. The maximum Gasteiger partial charge on any atom is 0.469 e. The highest BCUT2D eigenvalue weighted by Gasteiger charge is 2.45. The van der Waals surface area contributed by atoms with Gasteiger partial charge in [0.2, 0.25) is 0 Å². The number of aliphatic hydroxyl groups excluding tert-OH is 2. The zero-order valence-electron chi connectivity index (χ0n) is 11.4. The van der Waals surface area contributed by atoms with E-state index < -0.39 is 44.7 Å². The summed E-state index contributed by atoms with van der Waals surface area (Å²) in [5.74, 6) is 0.0238. The van der Waals surface area contributed by atoms with Crippen LogP contribution < -0.4 is 11.4 Å². The van der Waals surface area contributed by atoms with Crippen molar-refractivity contribution in [2.75, 3.05) is 12.3 Å². The van der Waals surface area contributed by atoms with Gasteiger partial charge in [-0.2, -0.15) is 4.98 Å². The Balaban J connectivity index is 2.22. The normalized spacial score (nSPS) is 29.0. The van der Waals surface area contributed by atoms with Crippen molar-refractivity contribution in [1.29, 1.82) is 0 Å². The molecule has 22 heavy (non-hydrogen) atoms. The number of phosphoric ester groups is 1. The summed E-state index contributed by atoms with van der Waals surface area (Å²) >= 11 is 0. The molecule has 6 N–H and O–H groups in total. The maximum atomic E-state index is 11.8.